The van der Waals surface area contributed by atoms with Gasteiger partial charge >= 0.3 is 5.97 Å². The van der Waals surface area contributed by atoms with Gasteiger partial charge in [-0.15, -0.1) is 0 Å². The zero-order valence-electron chi connectivity index (χ0n) is 20.9. The summed E-state index contributed by atoms with van der Waals surface area (Å²) in [5, 5.41) is 12.1. The van der Waals surface area contributed by atoms with Gasteiger partial charge in [-0.25, -0.2) is 4.79 Å². The van der Waals surface area contributed by atoms with Crippen LogP contribution in [0.15, 0.2) is 91.0 Å². The summed E-state index contributed by atoms with van der Waals surface area (Å²) in [7, 11) is 1.30. The van der Waals surface area contributed by atoms with Crippen molar-refractivity contribution in [2.24, 2.45) is 0 Å². The monoisotopic (exact) mass is 468 g/mol. The number of hydrogen-bond acceptors (Lipinski definition) is 4. The fourth-order valence-corrected chi connectivity index (χ4v) is 4.23. The normalized spacial score (nSPS) is 12.7. The van der Waals surface area contributed by atoms with Crippen LogP contribution in [0.2, 0.25) is 0 Å². The van der Waals surface area contributed by atoms with Crippen LogP contribution in [0.5, 0.6) is 11.5 Å². The number of methoxy groups -OCH3 is 1. The van der Waals surface area contributed by atoms with Gasteiger partial charge in [0.05, 0.1) is 7.11 Å². The standard InChI is InChI=1S/C27H20O4.2C2H6/c1-30-26(29)23-22-16-17-27(18-10-4-2-5-11-18,19-12-6-3-7-13-19)31-25(22)21-15-9-8-14-20(21)24(23)28;2*1-2/h2-17,28H,1H3;2*1-2H3. The first-order chi connectivity index (χ1) is 17.2. The molecule has 0 unspecified atom stereocenters. The Kier molecular flexibility index (Phi) is 8.32. The third-order valence-electron chi connectivity index (χ3n) is 5.72. The molecule has 0 bridgehead atoms. The second-order valence-corrected chi connectivity index (χ2v) is 7.41. The smallest absolute Gasteiger partial charge is 0.342 e. The van der Waals surface area contributed by atoms with E-state index in [-0.39, 0.29) is 11.3 Å². The molecular weight excluding hydrogens is 436 g/mol. The second-order valence-electron chi connectivity index (χ2n) is 7.41. The summed E-state index contributed by atoms with van der Waals surface area (Å²) in [6.07, 6.45) is 3.78. The molecule has 1 aliphatic heterocycles. The van der Waals surface area contributed by atoms with Crippen LogP contribution in [0, 0.1) is 0 Å². The fourth-order valence-electron chi connectivity index (χ4n) is 4.23. The van der Waals surface area contributed by atoms with E-state index in [1.54, 1.807) is 6.07 Å². The van der Waals surface area contributed by atoms with Gasteiger partial charge < -0.3 is 14.6 Å². The maximum absolute atomic E-state index is 12.6. The van der Waals surface area contributed by atoms with E-state index < -0.39 is 11.6 Å². The summed E-state index contributed by atoms with van der Waals surface area (Å²) in [4.78, 5) is 12.6. The Bertz CT molecular complexity index is 1270. The molecule has 0 aromatic heterocycles. The molecule has 4 aromatic carbocycles. The zero-order chi connectivity index (χ0) is 25.4. The van der Waals surface area contributed by atoms with Crippen molar-refractivity contribution in [3.63, 3.8) is 0 Å². The lowest BCUT2D eigenvalue weighted by molar-refractivity contribution is 0.0596. The van der Waals surface area contributed by atoms with E-state index in [1.807, 2.05) is 119 Å². The van der Waals surface area contributed by atoms with Crippen LogP contribution in [0.25, 0.3) is 16.8 Å². The summed E-state index contributed by atoms with van der Waals surface area (Å²) in [5.74, 6) is -0.190. The predicted octanol–water partition coefficient (Wildman–Crippen LogP) is 7.73. The molecule has 1 heterocycles. The maximum atomic E-state index is 12.6. The van der Waals surface area contributed by atoms with Gasteiger partial charge in [-0.3, -0.25) is 0 Å². The van der Waals surface area contributed by atoms with E-state index in [0.717, 1.165) is 16.5 Å². The first kappa shape index (κ1) is 25.6. The van der Waals surface area contributed by atoms with Gasteiger partial charge in [0.1, 0.15) is 17.1 Å². The van der Waals surface area contributed by atoms with Gasteiger partial charge in [-0.05, 0) is 12.2 Å². The summed E-state index contributed by atoms with van der Waals surface area (Å²) in [6, 6.07) is 27.3. The SMILES string of the molecule is CC.CC.COC(=O)c1c2c(c3ccccc3c1O)OC(c1ccccc1)(c1ccccc1)C=C2. The number of phenolic OH excluding ortho intramolecular Hbond substituents is 1. The molecule has 0 radical (unpaired) electrons. The highest BCUT2D eigenvalue weighted by Crippen LogP contribution is 2.49. The van der Waals surface area contributed by atoms with Crippen LogP contribution >= 0.6 is 0 Å². The molecule has 0 saturated carbocycles. The molecule has 4 nitrogen and oxygen atoms in total. The third kappa shape index (κ3) is 4.52. The van der Waals surface area contributed by atoms with Crippen LogP contribution in [0.1, 0.15) is 54.7 Å². The Labute approximate surface area is 207 Å². The Balaban J connectivity index is 0.000000815. The number of benzene rings is 4. The van der Waals surface area contributed by atoms with E-state index in [4.69, 9.17) is 9.47 Å². The quantitative estimate of drug-likeness (QED) is 0.313. The number of esters is 1. The number of aromatic hydroxyl groups is 1. The van der Waals surface area contributed by atoms with Crippen molar-refractivity contribution in [3.8, 4) is 11.5 Å². The molecule has 4 heteroatoms. The topological polar surface area (TPSA) is 55.8 Å². The van der Waals surface area contributed by atoms with Gasteiger partial charge in [-0.1, -0.05) is 113 Å². The van der Waals surface area contributed by atoms with E-state index in [2.05, 4.69) is 0 Å². The summed E-state index contributed by atoms with van der Waals surface area (Å²) >= 11 is 0. The van der Waals surface area contributed by atoms with Crippen LogP contribution in [0.4, 0.5) is 0 Å². The highest BCUT2D eigenvalue weighted by molar-refractivity contribution is 6.08. The molecule has 4 aromatic rings. The van der Waals surface area contributed by atoms with E-state index in [1.165, 1.54) is 7.11 Å². The highest BCUT2D eigenvalue weighted by atomic mass is 16.5. The summed E-state index contributed by atoms with van der Waals surface area (Å²) < 4.78 is 11.8. The molecule has 35 heavy (non-hydrogen) atoms. The third-order valence-corrected chi connectivity index (χ3v) is 5.72. The van der Waals surface area contributed by atoms with Crippen LogP contribution in [-0.2, 0) is 10.3 Å². The molecular formula is C31H32O4. The molecule has 0 saturated heterocycles. The highest BCUT2D eigenvalue weighted by Gasteiger charge is 2.39. The van der Waals surface area contributed by atoms with Crippen molar-refractivity contribution in [1.29, 1.82) is 0 Å². The molecule has 0 fully saturated rings. The Morgan fingerprint density at radius 2 is 1.26 bits per heavy atom. The number of carbonyl (C=O) groups excluding carboxylic acids is 1. The van der Waals surface area contributed by atoms with Gasteiger partial charge in [0, 0.05) is 27.5 Å². The molecule has 1 N–H and O–H groups in total. The molecule has 180 valence electrons. The van der Waals surface area contributed by atoms with Gasteiger partial charge in [0.2, 0.25) is 0 Å². The first-order valence-electron chi connectivity index (χ1n) is 12.0. The van der Waals surface area contributed by atoms with Gasteiger partial charge in [0.25, 0.3) is 0 Å². The van der Waals surface area contributed by atoms with E-state index in [0.29, 0.717) is 16.7 Å². The Morgan fingerprint density at radius 3 is 1.77 bits per heavy atom. The molecule has 0 atom stereocenters. The van der Waals surface area contributed by atoms with Crippen LogP contribution in [0.3, 0.4) is 0 Å². The van der Waals surface area contributed by atoms with Gasteiger partial charge in [0.15, 0.2) is 5.60 Å². The predicted molar refractivity (Wildman–Crippen MR) is 143 cm³/mol. The van der Waals surface area contributed by atoms with Crippen molar-refractivity contribution >= 4 is 22.8 Å². The lowest BCUT2D eigenvalue weighted by Crippen LogP contribution is -2.34. The van der Waals surface area contributed by atoms with E-state index >= 15 is 0 Å². The minimum Gasteiger partial charge on any atom is -0.506 e. The lowest BCUT2D eigenvalue weighted by atomic mass is 9.82. The van der Waals surface area contributed by atoms with Crippen molar-refractivity contribution in [2.45, 2.75) is 33.3 Å². The average molecular weight is 469 g/mol. The molecule has 1 aliphatic rings. The fraction of sp³-hybridized carbons (Fsp3) is 0.194. The first-order valence-corrected chi connectivity index (χ1v) is 12.0. The Hall–Kier alpha value is -4.05. The molecule has 0 spiro atoms. The van der Waals surface area contributed by atoms with Crippen molar-refractivity contribution < 1.29 is 19.4 Å². The number of hydrogen-bond donors (Lipinski definition) is 1. The maximum Gasteiger partial charge on any atom is 0.342 e. The van der Waals surface area contributed by atoms with Crippen molar-refractivity contribution in [3.05, 3.63) is 113 Å². The second kappa shape index (κ2) is 11.4. The molecule has 0 aliphatic carbocycles. The zero-order valence-corrected chi connectivity index (χ0v) is 20.9. The van der Waals surface area contributed by atoms with E-state index in [9.17, 15) is 9.90 Å². The Morgan fingerprint density at radius 1 is 0.771 bits per heavy atom. The van der Waals surface area contributed by atoms with Crippen molar-refractivity contribution in [2.75, 3.05) is 7.11 Å². The number of rotatable bonds is 3. The molecule has 0 amide bonds. The molecule has 5 rings (SSSR count). The number of fused-ring (bicyclic) bond motifs is 3. The minimum atomic E-state index is -0.886. The van der Waals surface area contributed by atoms with Crippen LogP contribution < -0.4 is 4.74 Å². The summed E-state index contributed by atoms with van der Waals surface area (Å²) in [5.41, 5.74) is 1.63. The largest absolute Gasteiger partial charge is 0.506 e. The summed E-state index contributed by atoms with van der Waals surface area (Å²) in [6.45, 7) is 8.00. The number of phenols is 1. The van der Waals surface area contributed by atoms with Gasteiger partial charge in [-0.2, -0.15) is 0 Å². The average Bonchev–Trinajstić information content (AvgIpc) is 2.96. The van der Waals surface area contributed by atoms with Crippen LogP contribution in [-0.4, -0.2) is 18.2 Å². The minimum absolute atomic E-state index is 0.0992. The number of carbonyl (C=O) groups is 1. The number of ether oxygens (including phenoxy) is 2. The lowest BCUT2D eigenvalue weighted by Gasteiger charge is -2.37. The van der Waals surface area contributed by atoms with Crippen molar-refractivity contribution in [1.82, 2.24) is 0 Å².